The van der Waals surface area contributed by atoms with Crippen LogP contribution in [-0.2, 0) is 19.1 Å². The third-order valence-corrected chi connectivity index (χ3v) is 7.01. The average Bonchev–Trinajstić information content (AvgIpc) is 3.36. The molecule has 0 bridgehead atoms. The van der Waals surface area contributed by atoms with Gasteiger partial charge < -0.3 is 24.4 Å². The molecule has 2 aromatic carbocycles. The summed E-state index contributed by atoms with van der Waals surface area (Å²) in [4.78, 5) is 38.5. The summed E-state index contributed by atoms with van der Waals surface area (Å²) >= 11 is 0. The number of halogens is 3. The van der Waals surface area contributed by atoms with E-state index in [1.54, 1.807) is 24.0 Å². The normalized spacial score (nSPS) is 20.9. The highest BCUT2D eigenvalue weighted by Gasteiger charge is 2.36. The number of nitrogens with one attached hydrogen (secondary N) is 1. The Labute approximate surface area is 230 Å². The molecule has 0 unspecified atom stereocenters. The van der Waals surface area contributed by atoms with E-state index < -0.39 is 42.9 Å². The fourth-order valence-corrected chi connectivity index (χ4v) is 4.80. The van der Waals surface area contributed by atoms with Crippen molar-refractivity contribution in [2.24, 2.45) is 5.92 Å². The second-order valence-electron chi connectivity index (χ2n) is 10.3. The topological polar surface area (TPSA) is 94.2 Å². The number of cyclic esters (lactones) is 1. The van der Waals surface area contributed by atoms with Crippen LogP contribution in [0.5, 0.6) is 5.75 Å². The van der Waals surface area contributed by atoms with Gasteiger partial charge in [0.25, 0.3) is 0 Å². The van der Waals surface area contributed by atoms with E-state index in [0.717, 1.165) is 5.56 Å². The van der Waals surface area contributed by atoms with E-state index in [9.17, 15) is 27.6 Å². The number of ether oxygens (including phenoxy) is 3. The van der Waals surface area contributed by atoms with E-state index in [2.05, 4.69) is 5.32 Å². The predicted octanol–water partition coefficient (Wildman–Crippen LogP) is 4.37. The number of hydrogen-bond donors (Lipinski definition) is 1. The summed E-state index contributed by atoms with van der Waals surface area (Å²) in [5.74, 6) is -1.23. The Hall–Kier alpha value is -3.60. The number of benzene rings is 2. The van der Waals surface area contributed by atoms with Crippen molar-refractivity contribution in [3.05, 3.63) is 65.2 Å². The Morgan fingerprint density at radius 2 is 1.82 bits per heavy atom. The molecule has 0 aliphatic carbocycles. The number of aryl methyl sites for hydroxylation is 1. The quantitative estimate of drug-likeness (QED) is 0.454. The van der Waals surface area contributed by atoms with Crippen LogP contribution in [0.25, 0.3) is 0 Å². The average molecular weight is 563 g/mol. The molecule has 8 nitrogen and oxygen atoms in total. The third kappa shape index (κ3) is 7.97. The zero-order chi connectivity index (χ0) is 28.9. The molecule has 0 spiro atoms. The SMILES string of the molecule is Cc1ccc([C@@H](Oc2ccc(C(=O)O[C@H]3CCCN(C(=O)[C@H]4COC(=O)C4)C3)cc2)[C@H](C)NCC(F)(F)F)cc1. The van der Waals surface area contributed by atoms with Gasteiger partial charge in [0.2, 0.25) is 5.91 Å². The fraction of sp³-hybridized carbons (Fsp3) is 0.483. The Morgan fingerprint density at radius 1 is 1.12 bits per heavy atom. The smallest absolute Gasteiger partial charge is 0.401 e. The van der Waals surface area contributed by atoms with Crippen LogP contribution in [0.3, 0.4) is 0 Å². The molecule has 40 heavy (non-hydrogen) atoms. The maximum Gasteiger partial charge on any atom is 0.401 e. The van der Waals surface area contributed by atoms with Gasteiger partial charge in [0.1, 0.15) is 24.6 Å². The zero-order valence-electron chi connectivity index (χ0n) is 22.4. The molecular weight excluding hydrogens is 529 g/mol. The molecule has 216 valence electrons. The van der Waals surface area contributed by atoms with Gasteiger partial charge in [-0.25, -0.2) is 4.79 Å². The summed E-state index contributed by atoms with van der Waals surface area (Å²) < 4.78 is 55.1. The van der Waals surface area contributed by atoms with E-state index in [1.165, 1.54) is 12.1 Å². The molecule has 2 aliphatic rings. The number of amides is 1. The van der Waals surface area contributed by atoms with Gasteiger partial charge >= 0.3 is 18.1 Å². The fourth-order valence-electron chi connectivity index (χ4n) is 4.80. The van der Waals surface area contributed by atoms with Crippen LogP contribution < -0.4 is 10.1 Å². The number of carbonyl (C=O) groups excluding carboxylic acids is 3. The lowest BCUT2D eigenvalue weighted by molar-refractivity contribution is -0.139. The summed E-state index contributed by atoms with van der Waals surface area (Å²) in [5.41, 5.74) is 2.00. The molecule has 4 rings (SSSR count). The van der Waals surface area contributed by atoms with Crippen molar-refractivity contribution in [2.75, 3.05) is 26.2 Å². The summed E-state index contributed by atoms with van der Waals surface area (Å²) in [5, 5.41) is 2.49. The maximum absolute atomic E-state index is 12.8. The van der Waals surface area contributed by atoms with Crippen molar-refractivity contribution in [3.63, 3.8) is 0 Å². The molecule has 2 fully saturated rings. The van der Waals surface area contributed by atoms with Crippen LogP contribution in [0.15, 0.2) is 48.5 Å². The first-order valence-corrected chi connectivity index (χ1v) is 13.3. The minimum absolute atomic E-state index is 0.0656. The van der Waals surface area contributed by atoms with Gasteiger partial charge in [-0.3, -0.25) is 9.59 Å². The molecule has 2 aliphatic heterocycles. The van der Waals surface area contributed by atoms with E-state index in [4.69, 9.17) is 14.2 Å². The third-order valence-electron chi connectivity index (χ3n) is 7.01. The lowest BCUT2D eigenvalue weighted by Crippen LogP contribution is -2.46. The molecule has 0 radical (unpaired) electrons. The Morgan fingerprint density at radius 3 is 2.45 bits per heavy atom. The number of hydrogen-bond acceptors (Lipinski definition) is 7. The van der Waals surface area contributed by atoms with Crippen LogP contribution in [0.1, 0.15) is 53.8 Å². The Balaban J connectivity index is 1.37. The van der Waals surface area contributed by atoms with Gasteiger partial charge in [0.05, 0.1) is 31.0 Å². The predicted molar refractivity (Wildman–Crippen MR) is 139 cm³/mol. The van der Waals surface area contributed by atoms with Crippen molar-refractivity contribution < 1.29 is 41.8 Å². The molecule has 2 aromatic rings. The number of esters is 2. The maximum atomic E-state index is 12.8. The second kappa shape index (κ2) is 12.7. The summed E-state index contributed by atoms with van der Waals surface area (Å²) in [6.07, 6.45) is -4.22. The molecule has 4 atom stereocenters. The summed E-state index contributed by atoms with van der Waals surface area (Å²) in [6.45, 7) is 3.24. The first-order chi connectivity index (χ1) is 19.0. The number of carbonyl (C=O) groups is 3. The molecule has 1 N–H and O–H groups in total. The molecular formula is C29H33F3N2O6. The number of piperidine rings is 1. The van der Waals surface area contributed by atoms with Crippen molar-refractivity contribution in [2.45, 2.75) is 57.5 Å². The highest BCUT2D eigenvalue weighted by Crippen LogP contribution is 2.27. The Bertz CT molecular complexity index is 1190. The van der Waals surface area contributed by atoms with E-state index >= 15 is 0 Å². The zero-order valence-corrected chi connectivity index (χ0v) is 22.4. The summed E-state index contributed by atoms with van der Waals surface area (Å²) in [7, 11) is 0. The van der Waals surface area contributed by atoms with Crippen LogP contribution in [0.4, 0.5) is 13.2 Å². The first-order valence-electron chi connectivity index (χ1n) is 13.3. The largest absolute Gasteiger partial charge is 0.484 e. The minimum Gasteiger partial charge on any atom is -0.484 e. The van der Waals surface area contributed by atoms with E-state index in [0.29, 0.717) is 30.7 Å². The van der Waals surface area contributed by atoms with Crippen molar-refractivity contribution in [1.29, 1.82) is 0 Å². The first kappa shape index (κ1) is 29.4. The van der Waals surface area contributed by atoms with Gasteiger partial charge in [-0.2, -0.15) is 13.2 Å². The highest BCUT2D eigenvalue weighted by atomic mass is 19.4. The van der Waals surface area contributed by atoms with Gasteiger partial charge in [-0.05, 0) is 56.5 Å². The van der Waals surface area contributed by atoms with E-state index in [1.807, 2.05) is 31.2 Å². The number of alkyl halides is 3. The number of likely N-dealkylation sites (tertiary alicyclic amines) is 1. The molecule has 2 heterocycles. The highest BCUT2D eigenvalue weighted by molar-refractivity contribution is 5.90. The van der Waals surface area contributed by atoms with Crippen LogP contribution in [0.2, 0.25) is 0 Å². The summed E-state index contributed by atoms with van der Waals surface area (Å²) in [6, 6.07) is 12.9. The van der Waals surface area contributed by atoms with Gasteiger partial charge in [0, 0.05) is 12.6 Å². The van der Waals surface area contributed by atoms with Crippen molar-refractivity contribution in [1.82, 2.24) is 10.2 Å². The lowest BCUT2D eigenvalue weighted by atomic mass is 10.0. The molecule has 1 amide bonds. The van der Waals surface area contributed by atoms with Crippen molar-refractivity contribution in [3.8, 4) is 5.75 Å². The van der Waals surface area contributed by atoms with Crippen LogP contribution >= 0.6 is 0 Å². The van der Waals surface area contributed by atoms with Gasteiger partial charge in [0.15, 0.2) is 0 Å². The molecule has 11 heteroatoms. The van der Waals surface area contributed by atoms with Crippen molar-refractivity contribution >= 4 is 17.8 Å². The Kier molecular flexibility index (Phi) is 9.34. The lowest BCUT2D eigenvalue weighted by Gasteiger charge is -2.33. The minimum atomic E-state index is -4.36. The van der Waals surface area contributed by atoms with Gasteiger partial charge in [-0.1, -0.05) is 29.8 Å². The number of rotatable bonds is 9. The van der Waals surface area contributed by atoms with Crippen LogP contribution in [0, 0.1) is 12.8 Å². The molecule has 0 aromatic heterocycles. The standard InChI is InChI=1S/C29H33F3N2O6/c1-18-5-7-20(8-6-18)26(19(2)33-17-29(30,31)32)39-23-11-9-21(10-12-23)28(37)40-24-4-3-13-34(15-24)27(36)22-14-25(35)38-16-22/h5-12,19,22,24,26,33H,3-4,13-17H2,1-2H3/t19-,22+,24-,26-/m0/s1. The number of nitrogens with zero attached hydrogens (tertiary/aromatic N) is 1. The monoisotopic (exact) mass is 562 g/mol. The van der Waals surface area contributed by atoms with E-state index in [-0.39, 0.29) is 37.0 Å². The molecule has 2 saturated heterocycles. The van der Waals surface area contributed by atoms with Gasteiger partial charge in [-0.15, -0.1) is 0 Å². The van der Waals surface area contributed by atoms with Crippen LogP contribution in [-0.4, -0.2) is 67.3 Å². The molecule has 0 saturated carbocycles. The second-order valence-corrected chi connectivity index (χ2v) is 10.3.